The van der Waals surface area contributed by atoms with Gasteiger partial charge in [0.2, 0.25) is 0 Å². The lowest BCUT2D eigenvalue weighted by Gasteiger charge is -2.25. The molecule has 0 heterocycles. The highest BCUT2D eigenvalue weighted by atomic mass is 19.1. The summed E-state index contributed by atoms with van der Waals surface area (Å²) in [7, 11) is 0. The second kappa shape index (κ2) is 6.50. The Balaban J connectivity index is 1.93. The van der Waals surface area contributed by atoms with Crippen LogP contribution in [-0.2, 0) is 12.8 Å². The van der Waals surface area contributed by atoms with Gasteiger partial charge in [-0.25, -0.2) is 8.78 Å². The fraction of sp³-hybridized carbons (Fsp3) is 0.350. The first-order valence-corrected chi connectivity index (χ1v) is 8.13. The molecule has 3 heteroatoms. The molecule has 118 valence electrons. The lowest BCUT2D eigenvalue weighted by atomic mass is 9.81. The predicted molar refractivity (Wildman–Crippen MR) is 86.9 cm³/mol. The van der Waals surface area contributed by atoms with Crippen LogP contribution in [0.1, 0.15) is 42.9 Å². The number of nitriles is 1. The van der Waals surface area contributed by atoms with Gasteiger partial charge < -0.3 is 0 Å². The molecule has 0 N–H and O–H groups in total. The van der Waals surface area contributed by atoms with Crippen molar-refractivity contribution in [1.82, 2.24) is 0 Å². The maximum atomic E-state index is 13.8. The molecule has 0 fully saturated rings. The fourth-order valence-corrected chi connectivity index (χ4v) is 3.51. The summed E-state index contributed by atoms with van der Waals surface area (Å²) in [6.45, 7) is 2.21. The van der Waals surface area contributed by atoms with Crippen molar-refractivity contribution < 1.29 is 8.78 Å². The zero-order chi connectivity index (χ0) is 16.4. The van der Waals surface area contributed by atoms with E-state index in [2.05, 4.69) is 13.0 Å². The Morgan fingerprint density at radius 3 is 2.48 bits per heavy atom. The van der Waals surface area contributed by atoms with Gasteiger partial charge in [-0.3, -0.25) is 0 Å². The zero-order valence-corrected chi connectivity index (χ0v) is 13.2. The van der Waals surface area contributed by atoms with E-state index in [1.54, 1.807) is 6.07 Å². The van der Waals surface area contributed by atoms with Gasteiger partial charge in [0.1, 0.15) is 23.3 Å². The lowest BCUT2D eigenvalue weighted by Crippen LogP contribution is -2.14. The van der Waals surface area contributed by atoms with Crippen LogP contribution in [0.4, 0.5) is 8.78 Å². The highest BCUT2D eigenvalue weighted by Crippen LogP contribution is 2.32. The third kappa shape index (κ3) is 3.12. The Kier molecular flexibility index (Phi) is 4.43. The Hall–Kier alpha value is -2.21. The summed E-state index contributed by atoms with van der Waals surface area (Å²) in [6, 6.07) is 10.1. The summed E-state index contributed by atoms with van der Waals surface area (Å²) < 4.78 is 27.6. The van der Waals surface area contributed by atoms with Crippen molar-refractivity contribution in [3.05, 3.63) is 58.7 Å². The molecule has 2 aromatic carbocycles. The first kappa shape index (κ1) is 15.7. The van der Waals surface area contributed by atoms with Gasteiger partial charge in [0.05, 0.1) is 0 Å². The quantitative estimate of drug-likeness (QED) is 0.743. The van der Waals surface area contributed by atoms with E-state index in [0.29, 0.717) is 5.56 Å². The van der Waals surface area contributed by atoms with Gasteiger partial charge >= 0.3 is 0 Å². The average molecular weight is 311 g/mol. The van der Waals surface area contributed by atoms with Crippen molar-refractivity contribution in [1.29, 1.82) is 5.26 Å². The van der Waals surface area contributed by atoms with E-state index in [1.165, 1.54) is 42.5 Å². The second-order valence-corrected chi connectivity index (χ2v) is 6.31. The van der Waals surface area contributed by atoms with Crippen molar-refractivity contribution >= 4 is 0 Å². The van der Waals surface area contributed by atoms with Crippen LogP contribution in [0.3, 0.4) is 0 Å². The maximum absolute atomic E-state index is 13.8. The van der Waals surface area contributed by atoms with E-state index in [0.717, 1.165) is 24.3 Å². The monoisotopic (exact) mass is 311 g/mol. The molecule has 3 rings (SSSR count). The molecule has 1 aliphatic rings. The molecule has 0 aromatic heterocycles. The van der Waals surface area contributed by atoms with Crippen molar-refractivity contribution in [2.24, 2.45) is 5.92 Å². The minimum absolute atomic E-state index is 0.484. The van der Waals surface area contributed by atoms with E-state index < -0.39 is 17.2 Å². The Morgan fingerprint density at radius 2 is 1.83 bits per heavy atom. The Bertz CT molecular complexity index is 751. The van der Waals surface area contributed by atoms with Gasteiger partial charge in [-0.05, 0) is 59.6 Å². The van der Waals surface area contributed by atoms with Gasteiger partial charge in [-0.2, -0.15) is 5.26 Å². The van der Waals surface area contributed by atoms with Crippen molar-refractivity contribution in [3.63, 3.8) is 0 Å². The van der Waals surface area contributed by atoms with E-state index in [1.807, 2.05) is 12.1 Å². The second-order valence-electron chi connectivity index (χ2n) is 6.31. The van der Waals surface area contributed by atoms with Crippen LogP contribution in [-0.4, -0.2) is 0 Å². The average Bonchev–Trinajstić information content (AvgIpc) is 2.54. The van der Waals surface area contributed by atoms with Crippen LogP contribution in [0, 0.1) is 28.9 Å². The number of hydrogen-bond donors (Lipinski definition) is 0. The predicted octanol–water partition coefficient (Wildman–Crippen LogP) is 5.41. The minimum atomic E-state index is -0.803. The molecule has 0 aliphatic heterocycles. The number of benzene rings is 2. The molecule has 1 unspecified atom stereocenters. The molecular formula is C20H19F2N. The number of halogens is 2. The van der Waals surface area contributed by atoms with Gasteiger partial charge in [0, 0.05) is 0 Å². The van der Waals surface area contributed by atoms with E-state index in [4.69, 9.17) is 5.26 Å². The highest BCUT2D eigenvalue weighted by molar-refractivity contribution is 5.66. The van der Waals surface area contributed by atoms with Crippen LogP contribution in [0.5, 0.6) is 0 Å². The highest BCUT2D eigenvalue weighted by Gasteiger charge is 2.19. The molecule has 0 spiro atoms. The zero-order valence-electron chi connectivity index (χ0n) is 13.2. The van der Waals surface area contributed by atoms with Gasteiger partial charge in [0.15, 0.2) is 0 Å². The SMILES string of the molecule is CCCC1CCc2cc(-c3cc(F)c(C#N)c(F)c3)ccc2C1. The molecule has 0 radical (unpaired) electrons. The summed E-state index contributed by atoms with van der Waals surface area (Å²) in [5, 5.41) is 8.76. The summed E-state index contributed by atoms with van der Waals surface area (Å²) in [6.07, 6.45) is 5.77. The van der Waals surface area contributed by atoms with E-state index in [9.17, 15) is 8.78 Å². The maximum Gasteiger partial charge on any atom is 0.144 e. The molecule has 23 heavy (non-hydrogen) atoms. The Morgan fingerprint density at radius 1 is 1.09 bits per heavy atom. The third-order valence-electron chi connectivity index (χ3n) is 4.72. The Labute approximate surface area is 135 Å². The summed E-state index contributed by atoms with van der Waals surface area (Å²) in [5.74, 6) is -0.852. The number of aryl methyl sites for hydroxylation is 1. The van der Waals surface area contributed by atoms with E-state index in [-0.39, 0.29) is 0 Å². The number of nitrogens with zero attached hydrogens (tertiary/aromatic N) is 1. The van der Waals surface area contributed by atoms with Crippen LogP contribution in [0.25, 0.3) is 11.1 Å². The summed E-state index contributed by atoms with van der Waals surface area (Å²) >= 11 is 0. The normalized spacial score (nSPS) is 16.7. The third-order valence-corrected chi connectivity index (χ3v) is 4.72. The van der Waals surface area contributed by atoms with Crippen molar-refractivity contribution in [2.45, 2.75) is 39.0 Å². The standard InChI is InChI=1S/C20H19F2N/c1-2-3-13-4-5-15-9-16(7-6-14(15)8-13)17-10-19(21)18(12-23)20(22)11-17/h6-7,9-11,13H,2-5,8H2,1H3. The first-order valence-electron chi connectivity index (χ1n) is 8.13. The molecule has 1 atom stereocenters. The molecule has 0 bridgehead atoms. The molecule has 0 saturated carbocycles. The largest absolute Gasteiger partial charge is 0.205 e. The number of hydrogen-bond acceptors (Lipinski definition) is 1. The fourth-order valence-electron chi connectivity index (χ4n) is 3.51. The van der Waals surface area contributed by atoms with Crippen molar-refractivity contribution in [3.8, 4) is 17.2 Å². The number of rotatable bonds is 3. The van der Waals surface area contributed by atoms with Gasteiger partial charge in [0.25, 0.3) is 0 Å². The lowest BCUT2D eigenvalue weighted by molar-refractivity contribution is 0.423. The van der Waals surface area contributed by atoms with Crippen LogP contribution >= 0.6 is 0 Å². The van der Waals surface area contributed by atoms with Crippen LogP contribution < -0.4 is 0 Å². The van der Waals surface area contributed by atoms with Crippen LogP contribution in [0.2, 0.25) is 0 Å². The molecule has 1 nitrogen and oxygen atoms in total. The number of fused-ring (bicyclic) bond motifs is 1. The first-order chi connectivity index (χ1) is 11.1. The summed E-state index contributed by atoms with van der Waals surface area (Å²) in [5.41, 5.74) is 3.40. The minimum Gasteiger partial charge on any atom is -0.205 e. The molecule has 1 aliphatic carbocycles. The van der Waals surface area contributed by atoms with Gasteiger partial charge in [-0.15, -0.1) is 0 Å². The molecule has 2 aromatic rings. The smallest absolute Gasteiger partial charge is 0.144 e. The van der Waals surface area contributed by atoms with Crippen molar-refractivity contribution in [2.75, 3.05) is 0 Å². The molecule has 0 amide bonds. The van der Waals surface area contributed by atoms with Crippen LogP contribution in [0.15, 0.2) is 30.3 Å². The van der Waals surface area contributed by atoms with Gasteiger partial charge in [-0.1, -0.05) is 38.0 Å². The molecule has 0 saturated heterocycles. The topological polar surface area (TPSA) is 23.8 Å². The van der Waals surface area contributed by atoms with E-state index >= 15 is 0 Å². The summed E-state index contributed by atoms with van der Waals surface area (Å²) in [4.78, 5) is 0. The molecular weight excluding hydrogens is 292 g/mol.